The predicted molar refractivity (Wildman–Crippen MR) is 127 cm³/mol. The summed E-state index contributed by atoms with van der Waals surface area (Å²) in [7, 11) is 0. The van der Waals surface area contributed by atoms with Crippen LogP contribution in [-0.4, -0.2) is 0 Å². The van der Waals surface area contributed by atoms with E-state index < -0.39 is 0 Å². The molecule has 2 saturated carbocycles. The Morgan fingerprint density at radius 2 is 1.45 bits per heavy atom. The molecule has 158 valence electrons. The maximum Gasteiger partial charge on any atom is 0.0249 e. The number of hydrogen-bond donors (Lipinski definition) is 0. The van der Waals surface area contributed by atoms with E-state index in [0.29, 0.717) is 0 Å². The summed E-state index contributed by atoms with van der Waals surface area (Å²) >= 11 is 0. The molecule has 2 fully saturated rings. The fourth-order valence-corrected chi connectivity index (χ4v) is 5.50. The topological polar surface area (TPSA) is 0 Å². The summed E-state index contributed by atoms with van der Waals surface area (Å²) in [6, 6.07) is 9.12. The Kier molecular flexibility index (Phi) is 9.40. The zero-order valence-corrected chi connectivity index (χ0v) is 19.0. The van der Waals surface area contributed by atoms with Gasteiger partial charge in [0, 0.05) is 5.56 Å². The summed E-state index contributed by atoms with van der Waals surface area (Å²) in [6.45, 7) is 4.62. The summed E-state index contributed by atoms with van der Waals surface area (Å²) in [5.41, 5.74) is 2.68. The molecule has 3 rings (SSSR count). The largest absolute Gasteiger partial charge is 0.0730 e. The van der Waals surface area contributed by atoms with Gasteiger partial charge in [0.05, 0.1) is 0 Å². The Labute approximate surface area is 180 Å². The molecule has 0 heterocycles. The Hall–Kier alpha value is -1.48. The van der Waals surface area contributed by atoms with Gasteiger partial charge < -0.3 is 0 Å². The van der Waals surface area contributed by atoms with Crippen molar-refractivity contribution in [3.8, 4) is 11.8 Å². The highest BCUT2D eigenvalue weighted by Crippen LogP contribution is 2.37. The number of rotatable bonds is 7. The summed E-state index contributed by atoms with van der Waals surface area (Å²) < 4.78 is 0. The molecule has 0 aliphatic heterocycles. The molecule has 2 aliphatic rings. The summed E-state index contributed by atoms with van der Waals surface area (Å²) in [5, 5.41) is 0. The van der Waals surface area contributed by atoms with E-state index in [1.165, 1.54) is 89.0 Å². The van der Waals surface area contributed by atoms with Crippen LogP contribution >= 0.6 is 0 Å². The minimum atomic E-state index is 0.757. The number of unbranched alkanes of at least 4 members (excludes halogenated alkanes) is 1. The van der Waals surface area contributed by atoms with Crippen LogP contribution in [0.15, 0.2) is 36.4 Å². The lowest BCUT2D eigenvalue weighted by molar-refractivity contribution is 0.291. The fourth-order valence-electron chi connectivity index (χ4n) is 5.50. The van der Waals surface area contributed by atoms with E-state index in [2.05, 4.69) is 62.1 Å². The summed E-state index contributed by atoms with van der Waals surface area (Å²) in [5.74, 6) is 10.1. The van der Waals surface area contributed by atoms with Crippen LogP contribution in [0.5, 0.6) is 0 Å². The van der Waals surface area contributed by atoms with Crippen LogP contribution in [0.3, 0.4) is 0 Å². The highest BCUT2D eigenvalue weighted by Gasteiger charge is 2.21. The fraction of sp³-hybridized carbons (Fsp3) is 0.655. The molecule has 0 nitrogen and oxygen atoms in total. The van der Waals surface area contributed by atoms with Gasteiger partial charge in [0.25, 0.3) is 0 Å². The summed E-state index contributed by atoms with van der Waals surface area (Å²) in [6.07, 6.45) is 22.6. The Bertz CT molecular complexity index is 652. The molecule has 0 spiro atoms. The molecule has 29 heavy (non-hydrogen) atoms. The summed E-state index contributed by atoms with van der Waals surface area (Å²) in [4.78, 5) is 0. The van der Waals surface area contributed by atoms with Gasteiger partial charge >= 0.3 is 0 Å². The van der Waals surface area contributed by atoms with E-state index in [1.54, 1.807) is 0 Å². The van der Waals surface area contributed by atoms with Gasteiger partial charge in [-0.15, -0.1) is 0 Å². The molecule has 1 aromatic rings. The molecule has 0 radical (unpaired) electrons. The number of allylic oxidation sites excluding steroid dienone is 2. The molecule has 0 heteroatoms. The SMILES string of the molecule is CCCC[C@H]1CC[C@H](C=CC#Cc2ccc([C@H]3CC[C@H](CCC)CC3)cc2)CC1. The van der Waals surface area contributed by atoms with E-state index in [9.17, 15) is 0 Å². The minimum Gasteiger partial charge on any atom is -0.0730 e. The van der Waals surface area contributed by atoms with E-state index in [1.807, 2.05) is 0 Å². The zero-order valence-electron chi connectivity index (χ0n) is 19.0. The van der Waals surface area contributed by atoms with Gasteiger partial charge in [0.1, 0.15) is 0 Å². The van der Waals surface area contributed by atoms with Crippen molar-refractivity contribution >= 4 is 0 Å². The number of hydrogen-bond acceptors (Lipinski definition) is 0. The molecular weight excluding hydrogens is 348 g/mol. The molecule has 1 aromatic carbocycles. The molecule has 0 amide bonds. The quantitative estimate of drug-likeness (QED) is 0.408. The van der Waals surface area contributed by atoms with Crippen LogP contribution in [-0.2, 0) is 0 Å². The van der Waals surface area contributed by atoms with Crippen LogP contribution in [0, 0.1) is 29.6 Å². The van der Waals surface area contributed by atoms with Crippen molar-refractivity contribution < 1.29 is 0 Å². The van der Waals surface area contributed by atoms with Crippen molar-refractivity contribution in [3.63, 3.8) is 0 Å². The third kappa shape index (κ3) is 7.37. The van der Waals surface area contributed by atoms with Crippen LogP contribution in [0.1, 0.15) is 114 Å². The molecular formula is C29H42. The van der Waals surface area contributed by atoms with Crippen molar-refractivity contribution in [1.82, 2.24) is 0 Å². The molecule has 0 saturated heterocycles. The standard InChI is InChI=1S/C29H42/c1-3-5-9-25-12-14-26(15-13-25)10-6-7-11-27-18-22-29(23-19-27)28-20-16-24(8-4-2)17-21-28/h6,10,18-19,22-26,28H,3-5,8-9,12-17,20-21H2,1-2H3/t24-,25-,26-,28-. The van der Waals surface area contributed by atoms with Gasteiger partial charge in [-0.05, 0) is 98.8 Å². The first-order valence-electron chi connectivity index (χ1n) is 12.6. The average Bonchev–Trinajstić information content (AvgIpc) is 2.77. The second kappa shape index (κ2) is 12.3. The van der Waals surface area contributed by atoms with E-state index in [0.717, 1.165) is 29.2 Å². The van der Waals surface area contributed by atoms with Crippen molar-refractivity contribution in [3.05, 3.63) is 47.5 Å². The first kappa shape index (κ1) is 22.2. The monoisotopic (exact) mass is 390 g/mol. The Balaban J connectivity index is 1.42. The van der Waals surface area contributed by atoms with Gasteiger partial charge in [0.2, 0.25) is 0 Å². The second-order valence-corrected chi connectivity index (χ2v) is 9.68. The van der Waals surface area contributed by atoms with Crippen molar-refractivity contribution in [2.24, 2.45) is 17.8 Å². The highest BCUT2D eigenvalue weighted by molar-refractivity contribution is 5.39. The third-order valence-electron chi connectivity index (χ3n) is 7.45. The molecule has 0 atom stereocenters. The van der Waals surface area contributed by atoms with Gasteiger partial charge in [-0.2, -0.15) is 0 Å². The van der Waals surface area contributed by atoms with Crippen LogP contribution < -0.4 is 0 Å². The van der Waals surface area contributed by atoms with Gasteiger partial charge in [-0.25, -0.2) is 0 Å². The molecule has 2 aliphatic carbocycles. The predicted octanol–water partition coefficient (Wildman–Crippen LogP) is 8.66. The third-order valence-corrected chi connectivity index (χ3v) is 7.45. The first-order chi connectivity index (χ1) is 14.3. The van der Waals surface area contributed by atoms with E-state index in [-0.39, 0.29) is 0 Å². The Morgan fingerprint density at radius 3 is 2.10 bits per heavy atom. The first-order valence-corrected chi connectivity index (χ1v) is 12.6. The van der Waals surface area contributed by atoms with E-state index in [4.69, 9.17) is 0 Å². The highest BCUT2D eigenvalue weighted by atomic mass is 14.3. The maximum atomic E-state index is 3.34. The smallest absolute Gasteiger partial charge is 0.0249 e. The van der Waals surface area contributed by atoms with Crippen LogP contribution in [0.4, 0.5) is 0 Å². The number of benzene rings is 1. The van der Waals surface area contributed by atoms with Crippen molar-refractivity contribution in [1.29, 1.82) is 0 Å². The van der Waals surface area contributed by atoms with E-state index >= 15 is 0 Å². The van der Waals surface area contributed by atoms with Gasteiger partial charge in [-0.3, -0.25) is 0 Å². The maximum absolute atomic E-state index is 3.34. The van der Waals surface area contributed by atoms with Gasteiger partial charge in [0.15, 0.2) is 0 Å². The van der Waals surface area contributed by atoms with Crippen molar-refractivity contribution in [2.75, 3.05) is 0 Å². The normalized spacial score (nSPS) is 27.5. The van der Waals surface area contributed by atoms with Crippen molar-refractivity contribution in [2.45, 2.75) is 103 Å². The lowest BCUT2D eigenvalue weighted by atomic mass is 9.77. The molecule has 0 aromatic heterocycles. The molecule has 0 bridgehead atoms. The second-order valence-electron chi connectivity index (χ2n) is 9.68. The Morgan fingerprint density at radius 1 is 0.793 bits per heavy atom. The zero-order chi connectivity index (χ0) is 20.3. The molecule has 0 N–H and O–H groups in total. The average molecular weight is 391 g/mol. The van der Waals surface area contributed by atoms with Crippen LogP contribution in [0.2, 0.25) is 0 Å². The molecule has 0 unspecified atom stereocenters. The van der Waals surface area contributed by atoms with Crippen LogP contribution in [0.25, 0.3) is 0 Å². The minimum absolute atomic E-state index is 0.757. The lowest BCUT2D eigenvalue weighted by Gasteiger charge is -2.28. The van der Waals surface area contributed by atoms with Gasteiger partial charge in [-0.1, -0.05) is 76.0 Å². The lowest BCUT2D eigenvalue weighted by Crippen LogP contribution is -2.13.